The van der Waals surface area contributed by atoms with Crippen LogP contribution in [-0.4, -0.2) is 24.8 Å². The van der Waals surface area contributed by atoms with E-state index in [1.54, 1.807) is 24.3 Å². The van der Waals surface area contributed by atoms with E-state index in [4.69, 9.17) is 11.6 Å². The standard InChI is InChI=1S/C17H19ClN2O2S/c1-11(20(3)10-15-8-9-16(18)23-15)17(22)19-14-6-4-13(5-7-14)12(2)21/h4-9,11H,10H2,1-3H3,(H,19,22)/p+1/t11-/m1/s1. The Morgan fingerprint density at radius 3 is 2.39 bits per heavy atom. The summed E-state index contributed by atoms with van der Waals surface area (Å²) in [5.41, 5.74) is 1.33. The van der Waals surface area contributed by atoms with Crippen molar-refractivity contribution < 1.29 is 14.5 Å². The summed E-state index contributed by atoms with van der Waals surface area (Å²) in [5, 5.41) is 2.89. The van der Waals surface area contributed by atoms with E-state index < -0.39 is 0 Å². The summed E-state index contributed by atoms with van der Waals surface area (Å²) in [4.78, 5) is 25.8. The quantitative estimate of drug-likeness (QED) is 0.786. The number of thiophene rings is 1. The number of benzene rings is 1. The second-order valence-electron chi connectivity index (χ2n) is 5.57. The molecule has 122 valence electrons. The van der Waals surface area contributed by atoms with Crippen LogP contribution in [0, 0.1) is 0 Å². The number of carbonyl (C=O) groups is 2. The zero-order valence-corrected chi connectivity index (χ0v) is 14.9. The Labute approximate surface area is 145 Å². The van der Waals surface area contributed by atoms with Crippen molar-refractivity contribution in [2.45, 2.75) is 26.4 Å². The number of anilines is 1. The van der Waals surface area contributed by atoms with Crippen molar-refractivity contribution in [3.8, 4) is 0 Å². The molecule has 2 rings (SSSR count). The molecule has 4 nitrogen and oxygen atoms in total. The fourth-order valence-corrected chi connectivity index (χ4v) is 3.32. The van der Waals surface area contributed by atoms with E-state index in [0.29, 0.717) is 11.3 Å². The lowest BCUT2D eigenvalue weighted by atomic mass is 10.1. The maximum Gasteiger partial charge on any atom is 0.282 e. The number of Topliss-reactive ketones (excluding diaryl/α,β-unsaturated/α-hetero) is 1. The minimum absolute atomic E-state index is 0.00929. The number of ketones is 1. The molecule has 1 unspecified atom stereocenters. The fourth-order valence-electron chi connectivity index (χ4n) is 2.14. The summed E-state index contributed by atoms with van der Waals surface area (Å²) in [5.74, 6) is -0.0456. The number of carbonyl (C=O) groups excluding carboxylic acids is 2. The molecule has 2 N–H and O–H groups in total. The molecule has 0 saturated carbocycles. The number of amides is 1. The minimum atomic E-state index is -0.205. The van der Waals surface area contributed by atoms with E-state index >= 15 is 0 Å². The van der Waals surface area contributed by atoms with Crippen LogP contribution in [0.4, 0.5) is 5.69 Å². The van der Waals surface area contributed by atoms with E-state index in [9.17, 15) is 9.59 Å². The van der Waals surface area contributed by atoms with Crippen LogP contribution in [-0.2, 0) is 11.3 Å². The summed E-state index contributed by atoms with van der Waals surface area (Å²) < 4.78 is 0.760. The minimum Gasteiger partial charge on any atom is -0.323 e. The van der Waals surface area contributed by atoms with E-state index in [1.165, 1.54) is 18.3 Å². The summed E-state index contributed by atoms with van der Waals surface area (Å²) in [6, 6.07) is 10.6. The predicted octanol–water partition coefficient (Wildman–Crippen LogP) is 2.65. The molecular formula is C17H20ClN2O2S+. The second kappa shape index (κ2) is 7.73. The number of hydrogen-bond acceptors (Lipinski definition) is 3. The molecule has 1 aromatic heterocycles. The normalized spacial score (nSPS) is 13.4. The molecular weight excluding hydrogens is 332 g/mol. The average molecular weight is 352 g/mol. The largest absolute Gasteiger partial charge is 0.323 e. The van der Waals surface area contributed by atoms with Gasteiger partial charge in [-0.15, -0.1) is 11.3 Å². The van der Waals surface area contributed by atoms with Gasteiger partial charge < -0.3 is 10.2 Å². The van der Waals surface area contributed by atoms with Gasteiger partial charge in [-0.1, -0.05) is 11.6 Å². The van der Waals surface area contributed by atoms with E-state index in [0.717, 1.165) is 20.7 Å². The van der Waals surface area contributed by atoms with Crippen molar-refractivity contribution >= 4 is 40.3 Å². The van der Waals surface area contributed by atoms with Gasteiger partial charge in [0, 0.05) is 11.3 Å². The van der Waals surface area contributed by atoms with Gasteiger partial charge in [-0.05, 0) is 50.2 Å². The Hall–Kier alpha value is -1.69. The molecule has 1 heterocycles. The smallest absolute Gasteiger partial charge is 0.282 e. The van der Waals surface area contributed by atoms with Crippen molar-refractivity contribution in [2.75, 3.05) is 12.4 Å². The maximum atomic E-state index is 12.3. The molecule has 0 fully saturated rings. The average Bonchev–Trinajstić information content (AvgIpc) is 2.92. The number of hydrogen-bond donors (Lipinski definition) is 2. The third-order valence-electron chi connectivity index (χ3n) is 3.77. The molecule has 2 atom stereocenters. The van der Waals surface area contributed by atoms with Gasteiger partial charge in [0.05, 0.1) is 16.3 Å². The second-order valence-corrected chi connectivity index (χ2v) is 7.37. The first kappa shape index (κ1) is 17.7. The van der Waals surface area contributed by atoms with Crippen LogP contribution >= 0.6 is 22.9 Å². The van der Waals surface area contributed by atoms with Crippen molar-refractivity contribution in [3.63, 3.8) is 0 Å². The number of quaternary nitrogens is 1. The Morgan fingerprint density at radius 1 is 1.22 bits per heavy atom. The summed E-state index contributed by atoms with van der Waals surface area (Å²) >= 11 is 7.47. The van der Waals surface area contributed by atoms with E-state index in [1.807, 2.05) is 26.1 Å². The predicted molar refractivity (Wildman–Crippen MR) is 94.5 cm³/mol. The van der Waals surface area contributed by atoms with Gasteiger partial charge in [0.25, 0.3) is 5.91 Å². The van der Waals surface area contributed by atoms with Crippen LogP contribution in [0.5, 0.6) is 0 Å². The Morgan fingerprint density at radius 2 is 1.87 bits per heavy atom. The lowest BCUT2D eigenvalue weighted by Gasteiger charge is -2.20. The molecule has 0 aliphatic heterocycles. The topological polar surface area (TPSA) is 50.6 Å². The molecule has 2 aromatic rings. The molecule has 6 heteroatoms. The highest BCUT2D eigenvalue weighted by Gasteiger charge is 2.22. The molecule has 0 saturated heterocycles. The zero-order chi connectivity index (χ0) is 17.0. The van der Waals surface area contributed by atoms with Crippen LogP contribution in [0.2, 0.25) is 4.34 Å². The first-order valence-corrected chi connectivity index (χ1v) is 8.54. The number of halogens is 1. The first-order valence-electron chi connectivity index (χ1n) is 7.35. The molecule has 23 heavy (non-hydrogen) atoms. The highest BCUT2D eigenvalue weighted by atomic mass is 35.5. The van der Waals surface area contributed by atoms with E-state index in [-0.39, 0.29) is 17.7 Å². The highest BCUT2D eigenvalue weighted by molar-refractivity contribution is 7.16. The Balaban J connectivity index is 1.94. The first-order chi connectivity index (χ1) is 10.9. The van der Waals surface area contributed by atoms with Crippen LogP contribution in [0.1, 0.15) is 29.1 Å². The molecule has 0 aliphatic carbocycles. The van der Waals surface area contributed by atoms with Crippen molar-refractivity contribution in [2.24, 2.45) is 0 Å². The lowest BCUT2D eigenvalue weighted by Crippen LogP contribution is -3.12. The SMILES string of the molecule is CC(=O)c1ccc(NC(=O)[C@@H](C)[NH+](C)Cc2ccc(Cl)s2)cc1. The fraction of sp³-hybridized carbons (Fsp3) is 0.294. The molecule has 0 radical (unpaired) electrons. The molecule has 1 amide bonds. The van der Waals surface area contributed by atoms with Gasteiger partial charge in [-0.25, -0.2) is 0 Å². The molecule has 0 spiro atoms. The number of rotatable bonds is 6. The Bertz CT molecular complexity index is 697. The number of likely N-dealkylation sites (N-methyl/N-ethyl adjacent to an activating group) is 1. The van der Waals surface area contributed by atoms with Gasteiger partial charge in [-0.3, -0.25) is 9.59 Å². The maximum absolute atomic E-state index is 12.3. The summed E-state index contributed by atoms with van der Waals surface area (Å²) in [6.45, 7) is 4.16. The van der Waals surface area contributed by atoms with Gasteiger partial charge in [0.2, 0.25) is 0 Å². The van der Waals surface area contributed by atoms with Crippen molar-refractivity contribution in [1.29, 1.82) is 0 Å². The number of nitrogens with one attached hydrogen (secondary N) is 2. The van der Waals surface area contributed by atoms with Gasteiger partial charge in [-0.2, -0.15) is 0 Å². The van der Waals surface area contributed by atoms with Crippen molar-refractivity contribution in [1.82, 2.24) is 0 Å². The summed E-state index contributed by atoms with van der Waals surface area (Å²) in [6.07, 6.45) is 0. The van der Waals surface area contributed by atoms with Crippen LogP contribution < -0.4 is 10.2 Å². The van der Waals surface area contributed by atoms with Crippen LogP contribution in [0.3, 0.4) is 0 Å². The molecule has 0 bridgehead atoms. The van der Waals surface area contributed by atoms with Gasteiger partial charge in [0.15, 0.2) is 11.8 Å². The zero-order valence-electron chi connectivity index (χ0n) is 13.4. The monoisotopic (exact) mass is 351 g/mol. The van der Waals surface area contributed by atoms with E-state index in [2.05, 4.69) is 5.32 Å². The van der Waals surface area contributed by atoms with Gasteiger partial charge >= 0.3 is 0 Å². The Kier molecular flexibility index (Phi) is 5.93. The third-order valence-corrected chi connectivity index (χ3v) is 5.00. The summed E-state index contributed by atoms with van der Waals surface area (Å²) in [7, 11) is 1.98. The highest BCUT2D eigenvalue weighted by Crippen LogP contribution is 2.20. The van der Waals surface area contributed by atoms with Crippen LogP contribution in [0.25, 0.3) is 0 Å². The van der Waals surface area contributed by atoms with Crippen molar-refractivity contribution in [3.05, 3.63) is 51.2 Å². The molecule has 1 aromatic carbocycles. The lowest BCUT2D eigenvalue weighted by molar-refractivity contribution is -0.907. The molecule has 0 aliphatic rings. The van der Waals surface area contributed by atoms with Gasteiger partial charge in [0.1, 0.15) is 6.54 Å². The van der Waals surface area contributed by atoms with Crippen LogP contribution in [0.15, 0.2) is 36.4 Å². The third kappa shape index (κ3) is 4.89.